The lowest BCUT2D eigenvalue weighted by Crippen LogP contribution is -2.52. The van der Waals surface area contributed by atoms with Crippen molar-refractivity contribution in [2.75, 3.05) is 11.9 Å². The molecule has 8 nitrogen and oxygen atoms in total. The van der Waals surface area contributed by atoms with Crippen molar-refractivity contribution in [3.05, 3.63) is 66.4 Å². The van der Waals surface area contributed by atoms with E-state index >= 15 is 0 Å². The number of urea groups is 1. The molecule has 2 aromatic carbocycles. The first-order valence-corrected chi connectivity index (χ1v) is 10.8. The van der Waals surface area contributed by atoms with Gasteiger partial charge in [0.05, 0.1) is 24.9 Å². The number of aromatic nitrogens is 3. The number of aryl methyl sites for hydroxylation is 1. The Bertz CT molecular complexity index is 1060. The third kappa shape index (κ3) is 6.11. The summed E-state index contributed by atoms with van der Waals surface area (Å²) in [6.07, 6.45) is 3.18. The maximum atomic E-state index is 13.1. The zero-order chi connectivity index (χ0) is 23.2. The second-order valence-electron chi connectivity index (χ2n) is 7.93. The fraction of sp³-hybridized carbons (Fsp3) is 0.348. The van der Waals surface area contributed by atoms with Gasteiger partial charge in [0, 0.05) is 17.8 Å². The molecule has 0 spiro atoms. The first-order chi connectivity index (χ1) is 16.0. The zero-order valence-electron chi connectivity index (χ0n) is 17.8. The van der Waals surface area contributed by atoms with Crippen LogP contribution in [0.5, 0.6) is 0 Å². The zero-order valence-corrected chi connectivity index (χ0v) is 17.8. The molecule has 0 radical (unpaired) electrons. The van der Waals surface area contributed by atoms with Gasteiger partial charge in [0.25, 0.3) is 0 Å². The van der Waals surface area contributed by atoms with Gasteiger partial charge in [-0.25, -0.2) is 13.6 Å². The summed E-state index contributed by atoms with van der Waals surface area (Å²) in [7, 11) is 0. The van der Waals surface area contributed by atoms with Crippen molar-refractivity contribution in [3.8, 4) is 11.3 Å². The average Bonchev–Trinajstić information content (AvgIpc) is 3.29. The molecule has 1 aromatic heterocycles. The van der Waals surface area contributed by atoms with Crippen molar-refractivity contribution >= 4 is 11.7 Å². The highest BCUT2D eigenvalue weighted by molar-refractivity contribution is 5.89. The van der Waals surface area contributed by atoms with Crippen LogP contribution in [-0.4, -0.2) is 51.0 Å². The summed E-state index contributed by atoms with van der Waals surface area (Å²) in [5.74, 6) is -0.689. The topological polar surface area (TPSA) is 101 Å². The maximum Gasteiger partial charge on any atom is 0.319 e. The monoisotopic (exact) mass is 457 g/mol. The molecule has 1 saturated heterocycles. The van der Waals surface area contributed by atoms with E-state index in [-0.39, 0.29) is 30.4 Å². The van der Waals surface area contributed by atoms with Gasteiger partial charge in [-0.2, -0.15) is 0 Å². The van der Waals surface area contributed by atoms with Crippen molar-refractivity contribution < 1.29 is 23.4 Å². The summed E-state index contributed by atoms with van der Waals surface area (Å²) < 4.78 is 33.8. The number of anilines is 1. The number of ether oxygens (including phenoxy) is 1. The Morgan fingerprint density at radius 1 is 1.09 bits per heavy atom. The second kappa shape index (κ2) is 10.5. The molecule has 3 aromatic rings. The first-order valence-electron chi connectivity index (χ1n) is 10.8. The number of carbonyl (C=O) groups excluding carboxylic acids is 1. The number of hydrogen-bond acceptors (Lipinski definition) is 5. The van der Waals surface area contributed by atoms with E-state index in [4.69, 9.17) is 4.74 Å². The standard InChI is InChI=1S/C23H25F2N5O3/c24-16-3-1-15(2-4-16)21-13-30(29-28-21)12-11-19-9-10-20(22(14-31)33-19)27-23(32)26-18-7-5-17(25)6-8-18/h1-8,13,19-20,22,31H,9-12,14H2,(H2,26,27,32)/t19-,20-,22+/m1/s1. The van der Waals surface area contributed by atoms with Gasteiger partial charge in [-0.15, -0.1) is 5.10 Å². The Labute approximate surface area is 189 Å². The van der Waals surface area contributed by atoms with Crippen LogP contribution in [0.15, 0.2) is 54.7 Å². The molecule has 10 heteroatoms. The summed E-state index contributed by atoms with van der Waals surface area (Å²) in [4.78, 5) is 12.3. The van der Waals surface area contributed by atoms with Crippen molar-refractivity contribution in [2.45, 2.75) is 44.1 Å². The fourth-order valence-corrected chi connectivity index (χ4v) is 3.81. The number of carbonyl (C=O) groups is 1. The van der Waals surface area contributed by atoms with E-state index in [1.807, 2.05) is 0 Å². The van der Waals surface area contributed by atoms with Gasteiger partial charge in [-0.3, -0.25) is 4.68 Å². The lowest BCUT2D eigenvalue weighted by molar-refractivity contribution is -0.0905. The van der Waals surface area contributed by atoms with Gasteiger partial charge in [-0.05, 0) is 67.8 Å². The highest BCUT2D eigenvalue weighted by Gasteiger charge is 2.31. The van der Waals surface area contributed by atoms with E-state index in [1.165, 1.54) is 36.4 Å². The SMILES string of the molecule is O=C(Nc1ccc(F)cc1)N[C@@H]1CC[C@H](CCn2cc(-c3ccc(F)cc3)nn2)O[C@H]1CO. The molecule has 4 rings (SSSR count). The number of aliphatic hydroxyl groups excluding tert-OH is 1. The summed E-state index contributed by atoms with van der Waals surface area (Å²) >= 11 is 0. The number of benzene rings is 2. The fourth-order valence-electron chi connectivity index (χ4n) is 3.81. The molecule has 33 heavy (non-hydrogen) atoms. The summed E-state index contributed by atoms with van der Waals surface area (Å²) in [5, 5.41) is 23.5. The number of amides is 2. The van der Waals surface area contributed by atoms with Gasteiger partial charge in [0.1, 0.15) is 23.4 Å². The van der Waals surface area contributed by atoms with Crippen LogP contribution < -0.4 is 10.6 Å². The predicted octanol–water partition coefficient (Wildman–Crippen LogP) is 3.34. The minimum atomic E-state index is -0.534. The number of rotatable bonds is 7. The predicted molar refractivity (Wildman–Crippen MR) is 117 cm³/mol. The van der Waals surface area contributed by atoms with Crippen LogP contribution in [0.3, 0.4) is 0 Å². The molecule has 0 aliphatic carbocycles. The Balaban J connectivity index is 1.26. The quantitative estimate of drug-likeness (QED) is 0.505. The van der Waals surface area contributed by atoms with E-state index in [0.717, 1.165) is 5.56 Å². The Kier molecular flexibility index (Phi) is 7.26. The highest BCUT2D eigenvalue weighted by atomic mass is 19.1. The molecule has 2 heterocycles. The third-order valence-electron chi connectivity index (χ3n) is 5.57. The van der Waals surface area contributed by atoms with E-state index < -0.39 is 12.1 Å². The average molecular weight is 457 g/mol. The summed E-state index contributed by atoms with van der Waals surface area (Å²) in [6, 6.07) is 10.7. The smallest absolute Gasteiger partial charge is 0.319 e. The lowest BCUT2D eigenvalue weighted by atomic mass is 9.97. The molecule has 2 amide bonds. The molecule has 0 saturated carbocycles. The highest BCUT2D eigenvalue weighted by Crippen LogP contribution is 2.23. The number of halogens is 2. The van der Waals surface area contributed by atoms with Crippen LogP contribution in [0.2, 0.25) is 0 Å². The minimum absolute atomic E-state index is 0.0983. The number of nitrogens with zero attached hydrogens (tertiary/aromatic N) is 3. The minimum Gasteiger partial charge on any atom is -0.394 e. The van der Waals surface area contributed by atoms with Crippen molar-refractivity contribution in [3.63, 3.8) is 0 Å². The number of hydrogen-bond donors (Lipinski definition) is 3. The third-order valence-corrected chi connectivity index (χ3v) is 5.57. The largest absolute Gasteiger partial charge is 0.394 e. The molecule has 3 atom stereocenters. The van der Waals surface area contributed by atoms with Crippen LogP contribution in [0, 0.1) is 11.6 Å². The summed E-state index contributed by atoms with van der Waals surface area (Å²) in [6.45, 7) is 0.343. The molecule has 174 valence electrons. The van der Waals surface area contributed by atoms with E-state index in [1.54, 1.807) is 23.0 Å². The van der Waals surface area contributed by atoms with Crippen LogP contribution in [0.4, 0.5) is 19.3 Å². The van der Waals surface area contributed by atoms with E-state index in [9.17, 15) is 18.7 Å². The second-order valence-corrected chi connectivity index (χ2v) is 7.93. The molecule has 1 fully saturated rings. The van der Waals surface area contributed by atoms with Gasteiger partial charge >= 0.3 is 6.03 Å². The van der Waals surface area contributed by atoms with Crippen molar-refractivity contribution in [1.29, 1.82) is 0 Å². The first kappa shape index (κ1) is 22.8. The van der Waals surface area contributed by atoms with Crippen LogP contribution in [-0.2, 0) is 11.3 Å². The van der Waals surface area contributed by atoms with Gasteiger partial charge in [0.15, 0.2) is 0 Å². The lowest BCUT2D eigenvalue weighted by Gasteiger charge is -2.36. The molecule has 1 aliphatic heterocycles. The van der Waals surface area contributed by atoms with Crippen molar-refractivity contribution in [1.82, 2.24) is 20.3 Å². The van der Waals surface area contributed by atoms with Crippen LogP contribution in [0.25, 0.3) is 11.3 Å². The van der Waals surface area contributed by atoms with Gasteiger partial charge < -0.3 is 20.5 Å². The normalized spacial score (nSPS) is 20.4. The van der Waals surface area contributed by atoms with E-state index in [0.29, 0.717) is 37.2 Å². The molecule has 1 aliphatic rings. The number of aliphatic hydroxyl groups is 1. The van der Waals surface area contributed by atoms with Crippen molar-refractivity contribution in [2.24, 2.45) is 0 Å². The Morgan fingerprint density at radius 3 is 2.48 bits per heavy atom. The Hall–Kier alpha value is -3.37. The van der Waals surface area contributed by atoms with E-state index in [2.05, 4.69) is 20.9 Å². The summed E-state index contributed by atoms with van der Waals surface area (Å²) in [5.41, 5.74) is 1.91. The number of nitrogens with one attached hydrogen (secondary N) is 2. The maximum absolute atomic E-state index is 13.1. The van der Waals surface area contributed by atoms with Gasteiger partial charge in [-0.1, -0.05) is 5.21 Å². The molecular formula is C23H25F2N5O3. The molecule has 3 N–H and O–H groups in total. The molecular weight excluding hydrogens is 432 g/mol. The molecule has 0 bridgehead atoms. The Morgan fingerprint density at radius 2 is 1.79 bits per heavy atom. The van der Waals surface area contributed by atoms with Gasteiger partial charge in [0.2, 0.25) is 0 Å². The van der Waals surface area contributed by atoms with Crippen LogP contribution in [0.1, 0.15) is 19.3 Å². The molecule has 0 unspecified atom stereocenters. The van der Waals surface area contributed by atoms with Crippen LogP contribution >= 0.6 is 0 Å².